The molecule has 0 radical (unpaired) electrons. The maximum absolute atomic E-state index is 12.4. The Kier molecular flexibility index (Phi) is 6.33. The quantitative estimate of drug-likeness (QED) is 0.561. The molecule has 0 saturated heterocycles. The Labute approximate surface area is 178 Å². The molecule has 154 valence electrons. The first-order chi connectivity index (χ1) is 14.7. The second kappa shape index (κ2) is 9.49. The monoisotopic (exact) mass is 400 g/mol. The van der Waals surface area contributed by atoms with Crippen LogP contribution in [-0.2, 0) is 19.4 Å². The van der Waals surface area contributed by atoms with Crippen molar-refractivity contribution >= 4 is 11.6 Å². The highest BCUT2D eigenvalue weighted by Crippen LogP contribution is 2.28. The van der Waals surface area contributed by atoms with Crippen LogP contribution in [0.25, 0.3) is 0 Å². The fourth-order valence-electron chi connectivity index (χ4n) is 3.81. The number of aryl methyl sites for hydroxylation is 1. The van der Waals surface area contributed by atoms with Crippen molar-refractivity contribution in [3.8, 4) is 5.75 Å². The van der Waals surface area contributed by atoms with Gasteiger partial charge >= 0.3 is 0 Å². The number of hydrogen-bond acceptors (Lipinski definition) is 3. The van der Waals surface area contributed by atoms with Gasteiger partial charge in [0.15, 0.2) is 0 Å². The Morgan fingerprint density at radius 3 is 2.47 bits per heavy atom. The smallest absolute Gasteiger partial charge is 0.251 e. The molecule has 30 heavy (non-hydrogen) atoms. The summed E-state index contributed by atoms with van der Waals surface area (Å²) in [7, 11) is 0. The molecule has 0 aliphatic carbocycles. The Hall–Kier alpha value is -3.27. The summed E-state index contributed by atoms with van der Waals surface area (Å²) in [6, 6.07) is 24.5. The lowest BCUT2D eigenvalue weighted by atomic mass is 10.1. The van der Waals surface area contributed by atoms with Crippen molar-refractivity contribution < 1.29 is 9.53 Å². The van der Waals surface area contributed by atoms with Crippen LogP contribution in [0.1, 0.15) is 34.0 Å². The second-order valence-electron chi connectivity index (χ2n) is 7.60. The molecule has 1 aliphatic rings. The summed E-state index contributed by atoms with van der Waals surface area (Å²) in [6.45, 7) is 4.96. The molecular weight excluding hydrogens is 372 g/mol. The lowest BCUT2D eigenvalue weighted by Crippen LogP contribution is -2.28. The number of rotatable bonds is 8. The molecule has 0 saturated carbocycles. The zero-order valence-electron chi connectivity index (χ0n) is 17.4. The van der Waals surface area contributed by atoms with Crippen LogP contribution < -0.4 is 15.0 Å². The molecule has 0 aromatic heterocycles. The molecule has 4 heteroatoms. The summed E-state index contributed by atoms with van der Waals surface area (Å²) in [5.41, 5.74) is 5.91. The van der Waals surface area contributed by atoms with Gasteiger partial charge in [0.05, 0.1) is 6.54 Å². The Bertz CT molecular complexity index is 981. The van der Waals surface area contributed by atoms with Crippen molar-refractivity contribution in [2.24, 2.45) is 0 Å². The van der Waals surface area contributed by atoms with Crippen LogP contribution in [0.4, 0.5) is 5.69 Å². The number of hydrogen-bond donors (Lipinski definition) is 1. The van der Waals surface area contributed by atoms with E-state index >= 15 is 0 Å². The summed E-state index contributed by atoms with van der Waals surface area (Å²) >= 11 is 0. The van der Waals surface area contributed by atoms with Crippen LogP contribution in [0, 0.1) is 0 Å². The van der Waals surface area contributed by atoms with Gasteiger partial charge in [-0.3, -0.25) is 4.79 Å². The topological polar surface area (TPSA) is 41.6 Å². The zero-order chi connectivity index (χ0) is 20.8. The molecule has 0 atom stereocenters. The fraction of sp³-hybridized carbons (Fsp3) is 0.269. The van der Waals surface area contributed by atoms with Crippen LogP contribution in [0.2, 0.25) is 0 Å². The number of fused-ring (bicyclic) bond motifs is 1. The van der Waals surface area contributed by atoms with E-state index < -0.39 is 0 Å². The van der Waals surface area contributed by atoms with Crippen LogP contribution in [-0.4, -0.2) is 25.6 Å². The minimum Gasteiger partial charge on any atom is -0.492 e. The van der Waals surface area contributed by atoms with Gasteiger partial charge < -0.3 is 15.0 Å². The van der Waals surface area contributed by atoms with E-state index in [1.54, 1.807) is 0 Å². The van der Waals surface area contributed by atoms with E-state index in [1.807, 2.05) is 36.4 Å². The number of nitrogens with one attached hydrogen (secondary N) is 1. The SMILES string of the molecule is CCc1ccc(OCCNC(=O)c2ccc(CN3CCc4ccccc43)cc2)cc1. The molecule has 0 unspecified atom stereocenters. The summed E-state index contributed by atoms with van der Waals surface area (Å²) in [5, 5.41) is 2.92. The Morgan fingerprint density at radius 1 is 0.967 bits per heavy atom. The van der Waals surface area contributed by atoms with Gasteiger partial charge in [0.2, 0.25) is 0 Å². The number of carbonyl (C=O) groups excluding carboxylic acids is 1. The predicted molar refractivity (Wildman–Crippen MR) is 121 cm³/mol. The van der Waals surface area contributed by atoms with Crippen LogP contribution in [0.15, 0.2) is 72.8 Å². The first kappa shape index (κ1) is 20.0. The average molecular weight is 401 g/mol. The summed E-state index contributed by atoms with van der Waals surface area (Å²) in [5.74, 6) is 0.757. The van der Waals surface area contributed by atoms with Gasteiger partial charge in [0, 0.05) is 24.3 Å². The van der Waals surface area contributed by atoms with Crippen molar-refractivity contribution in [2.75, 3.05) is 24.6 Å². The molecule has 0 fully saturated rings. The summed E-state index contributed by atoms with van der Waals surface area (Å²) < 4.78 is 5.69. The first-order valence-electron chi connectivity index (χ1n) is 10.6. The molecule has 1 heterocycles. The van der Waals surface area contributed by atoms with E-state index in [1.165, 1.54) is 22.4 Å². The highest BCUT2D eigenvalue weighted by molar-refractivity contribution is 5.94. The highest BCUT2D eigenvalue weighted by atomic mass is 16.5. The van der Waals surface area contributed by atoms with Gasteiger partial charge in [0.25, 0.3) is 5.91 Å². The molecule has 1 amide bonds. The number of ether oxygens (including phenoxy) is 1. The molecule has 3 aromatic carbocycles. The predicted octanol–water partition coefficient (Wildman–Crippen LogP) is 4.62. The second-order valence-corrected chi connectivity index (χ2v) is 7.60. The van der Waals surface area contributed by atoms with Gasteiger partial charge in [-0.15, -0.1) is 0 Å². The van der Waals surface area contributed by atoms with Crippen LogP contribution in [0.5, 0.6) is 5.75 Å². The minimum absolute atomic E-state index is 0.0713. The molecule has 1 N–H and O–H groups in total. The van der Waals surface area contributed by atoms with E-state index in [0.717, 1.165) is 31.7 Å². The summed E-state index contributed by atoms with van der Waals surface area (Å²) in [4.78, 5) is 14.8. The van der Waals surface area contributed by atoms with Crippen molar-refractivity contribution in [2.45, 2.75) is 26.3 Å². The number of amides is 1. The Balaban J connectivity index is 1.24. The van der Waals surface area contributed by atoms with E-state index in [-0.39, 0.29) is 5.91 Å². The maximum atomic E-state index is 12.4. The van der Waals surface area contributed by atoms with Crippen LogP contribution >= 0.6 is 0 Å². The minimum atomic E-state index is -0.0713. The van der Waals surface area contributed by atoms with Gasteiger partial charge in [-0.2, -0.15) is 0 Å². The maximum Gasteiger partial charge on any atom is 0.251 e. The molecule has 4 nitrogen and oxygen atoms in total. The third-order valence-electron chi connectivity index (χ3n) is 5.56. The number of para-hydroxylation sites is 1. The van der Waals surface area contributed by atoms with Crippen LogP contribution in [0.3, 0.4) is 0 Å². The molecule has 4 rings (SSSR count). The van der Waals surface area contributed by atoms with E-state index in [0.29, 0.717) is 18.7 Å². The average Bonchev–Trinajstić information content (AvgIpc) is 3.20. The van der Waals surface area contributed by atoms with Crippen molar-refractivity contribution in [3.05, 3.63) is 95.1 Å². The number of carbonyl (C=O) groups is 1. The zero-order valence-corrected chi connectivity index (χ0v) is 17.4. The molecular formula is C26H28N2O2. The normalized spacial score (nSPS) is 12.5. The van der Waals surface area contributed by atoms with E-state index in [2.05, 4.69) is 53.5 Å². The molecule has 3 aromatic rings. The van der Waals surface area contributed by atoms with Crippen molar-refractivity contribution in [3.63, 3.8) is 0 Å². The number of anilines is 1. The van der Waals surface area contributed by atoms with Gasteiger partial charge in [-0.1, -0.05) is 49.4 Å². The van der Waals surface area contributed by atoms with E-state index in [4.69, 9.17) is 4.74 Å². The van der Waals surface area contributed by atoms with Gasteiger partial charge in [-0.05, 0) is 59.9 Å². The van der Waals surface area contributed by atoms with Crippen molar-refractivity contribution in [1.29, 1.82) is 0 Å². The summed E-state index contributed by atoms with van der Waals surface area (Å²) in [6.07, 6.45) is 2.11. The third kappa shape index (κ3) is 4.82. The standard InChI is InChI=1S/C26H28N2O2/c1-2-20-9-13-24(14-10-20)30-18-16-27-26(29)23-11-7-21(8-12-23)19-28-17-15-22-5-3-4-6-25(22)28/h3-14H,2,15-19H2,1H3,(H,27,29). The first-order valence-corrected chi connectivity index (χ1v) is 10.6. The molecule has 0 bridgehead atoms. The number of benzene rings is 3. The lowest BCUT2D eigenvalue weighted by Gasteiger charge is -2.19. The Morgan fingerprint density at radius 2 is 1.70 bits per heavy atom. The van der Waals surface area contributed by atoms with E-state index in [9.17, 15) is 4.79 Å². The highest BCUT2D eigenvalue weighted by Gasteiger charge is 2.18. The third-order valence-corrected chi connectivity index (χ3v) is 5.56. The van der Waals surface area contributed by atoms with Gasteiger partial charge in [-0.25, -0.2) is 0 Å². The molecule has 0 spiro atoms. The largest absolute Gasteiger partial charge is 0.492 e. The lowest BCUT2D eigenvalue weighted by molar-refractivity contribution is 0.0947. The number of nitrogens with zero attached hydrogens (tertiary/aromatic N) is 1. The fourth-order valence-corrected chi connectivity index (χ4v) is 3.81. The van der Waals surface area contributed by atoms with Gasteiger partial charge in [0.1, 0.15) is 12.4 Å². The van der Waals surface area contributed by atoms with Crippen molar-refractivity contribution in [1.82, 2.24) is 5.32 Å². The molecule has 1 aliphatic heterocycles.